The van der Waals surface area contributed by atoms with Crippen LogP contribution in [0.4, 0.5) is 0 Å². The van der Waals surface area contributed by atoms with E-state index in [9.17, 15) is 9.59 Å². The molecule has 0 saturated heterocycles. The zero-order valence-electron chi connectivity index (χ0n) is 15.8. The lowest BCUT2D eigenvalue weighted by Gasteiger charge is -2.08. The fourth-order valence-electron chi connectivity index (χ4n) is 3.80. The zero-order valence-corrected chi connectivity index (χ0v) is 15.8. The smallest absolute Gasteiger partial charge is 0.275 e. The summed E-state index contributed by atoms with van der Waals surface area (Å²) in [5.41, 5.74) is 2.91. The Morgan fingerprint density at radius 1 is 0.897 bits per heavy atom. The Morgan fingerprint density at radius 3 is 2.45 bits per heavy atom. The van der Waals surface area contributed by atoms with Crippen molar-refractivity contribution in [3.05, 3.63) is 60.4 Å². The first-order chi connectivity index (χ1) is 14.1. The van der Waals surface area contributed by atoms with E-state index < -0.39 is 11.8 Å². The number of benzene rings is 2. The van der Waals surface area contributed by atoms with E-state index in [-0.39, 0.29) is 0 Å². The van der Waals surface area contributed by atoms with Crippen molar-refractivity contribution in [2.24, 2.45) is 0 Å². The summed E-state index contributed by atoms with van der Waals surface area (Å²) in [6.45, 7) is 0. The molecule has 4 aromatic rings. The lowest BCUT2D eigenvalue weighted by molar-refractivity contribution is -0.122. The normalized spacial score (nSPS) is 14.1. The Labute approximate surface area is 165 Å². The molecule has 144 valence electrons. The maximum Gasteiger partial charge on any atom is 0.275 e. The van der Waals surface area contributed by atoms with Crippen LogP contribution >= 0.6 is 0 Å². The quantitative estimate of drug-likeness (QED) is 0.527. The Morgan fingerprint density at radius 2 is 1.66 bits per heavy atom. The van der Waals surface area contributed by atoms with Gasteiger partial charge in [-0.2, -0.15) is 0 Å². The van der Waals surface area contributed by atoms with Gasteiger partial charge in [0.05, 0.1) is 25.3 Å². The number of hydrogen-bond donors (Lipinski definition) is 2. The molecule has 3 heterocycles. The van der Waals surface area contributed by atoms with Gasteiger partial charge < -0.3 is 19.0 Å². The molecule has 1 aliphatic heterocycles. The number of H-pyrrole nitrogens is 1. The summed E-state index contributed by atoms with van der Waals surface area (Å²) in [5.74, 6) is 0.531. The standard InChI is InChI=1S/C22H17N3O4/c1-28-13-4-6-18-12(9-13)7-8-25(18)20-19(21(26)24-22(20)27)16-11-23-17-5-3-14(29-2)10-15(16)17/h3-11,23H,1-2H3,(H,24,26,27). The second kappa shape index (κ2) is 6.27. The van der Waals surface area contributed by atoms with Crippen LogP contribution in [0.3, 0.4) is 0 Å². The minimum atomic E-state index is -0.435. The van der Waals surface area contributed by atoms with Crippen LogP contribution in [0.2, 0.25) is 0 Å². The molecular formula is C22H17N3O4. The molecule has 0 radical (unpaired) electrons. The van der Waals surface area contributed by atoms with Gasteiger partial charge in [0.1, 0.15) is 17.2 Å². The van der Waals surface area contributed by atoms with Crippen LogP contribution in [-0.4, -0.2) is 35.6 Å². The molecule has 0 fully saturated rings. The number of nitrogens with zero attached hydrogens (tertiary/aromatic N) is 1. The summed E-state index contributed by atoms with van der Waals surface area (Å²) in [4.78, 5) is 28.7. The summed E-state index contributed by atoms with van der Waals surface area (Å²) >= 11 is 0. The highest BCUT2D eigenvalue weighted by molar-refractivity contribution is 6.47. The number of aromatic nitrogens is 2. The maximum absolute atomic E-state index is 12.8. The average Bonchev–Trinajstić information content (AvgIpc) is 3.41. The van der Waals surface area contributed by atoms with Crippen molar-refractivity contribution < 1.29 is 19.1 Å². The van der Waals surface area contributed by atoms with Gasteiger partial charge in [-0.3, -0.25) is 14.9 Å². The summed E-state index contributed by atoms with van der Waals surface area (Å²) in [6.07, 6.45) is 3.53. The van der Waals surface area contributed by atoms with Crippen molar-refractivity contribution in [3.8, 4) is 11.5 Å². The Balaban J connectivity index is 1.78. The second-order valence-electron chi connectivity index (χ2n) is 6.73. The van der Waals surface area contributed by atoms with Crippen LogP contribution in [0, 0.1) is 0 Å². The Kier molecular flexibility index (Phi) is 3.70. The highest BCUT2D eigenvalue weighted by Crippen LogP contribution is 2.35. The molecule has 0 aliphatic carbocycles. The van der Waals surface area contributed by atoms with Crippen molar-refractivity contribution in [1.82, 2.24) is 14.9 Å². The molecular weight excluding hydrogens is 370 g/mol. The third-order valence-corrected chi connectivity index (χ3v) is 5.20. The van der Waals surface area contributed by atoms with E-state index in [1.807, 2.05) is 42.5 Å². The number of hydrogen-bond acceptors (Lipinski definition) is 4. The van der Waals surface area contributed by atoms with Crippen LogP contribution in [0.5, 0.6) is 11.5 Å². The molecule has 29 heavy (non-hydrogen) atoms. The fourth-order valence-corrected chi connectivity index (χ4v) is 3.80. The van der Waals surface area contributed by atoms with Gasteiger partial charge >= 0.3 is 0 Å². The number of imide groups is 1. The van der Waals surface area contributed by atoms with E-state index in [1.54, 1.807) is 31.2 Å². The predicted molar refractivity (Wildman–Crippen MR) is 110 cm³/mol. The van der Waals surface area contributed by atoms with Gasteiger partial charge in [-0.1, -0.05) is 0 Å². The number of ether oxygens (including phenoxy) is 2. The molecule has 2 amide bonds. The fraction of sp³-hybridized carbons (Fsp3) is 0.0909. The number of rotatable bonds is 4. The van der Waals surface area contributed by atoms with Gasteiger partial charge in [-0.15, -0.1) is 0 Å². The van der Waals surface area contributed by atoms with E-state index >= 15 is 0 Å². The molecule has 0 spiro atoms. The summed E-state index contributed by atoms with van der Waals surface area (Å²) in [7, 11) is 3.19. The molecule has 7 heteroatoms. The molecule has 0 bridgehead atoms. The topological polar surface area (TPSA) is 85.3 Å². The first kappa shape index (κ1) is 17.1. The first-order valence-electron chi connectivity index (χ1n) is 9.01. The highest BCUT2D eigenvalue weighted by atomic mass is 16.5. The SMILES string of the molecule is COc1ccc2c(ccn2C2=C(c3c[nH]c4ccc(OC)cc34)C(=O)NC2=O)c1. The van der Waals surface area contributed by atoms with Crippen LogP contribution < -0.4 is 14.8 Å². The Hall–Kier alpha value is -4.00. The van der Waals surface area contributed by atoms with Crippen molar-refractivity contribution in [3.63, 3.8) is 0 Å². The molecule has 0 saturated carbocycles. The summed E-state index contributed by atoms with van der Waals surface area (Å²) in [6, 6.07) is 13.0. The molecule has 0 unspecified atom stereocenters. The zero-order chi connectivity index (χ0) is 20.1. The Bertz CT molecular complexity index is 1340. The van der Waals surface area contributed by atoms with E-state index in [0.717, 1.165) is 27.6 Å². The predicted octanol–water partition coefficient (Wildman–Crippen LogP) is 3.16. The lowest BCUT2D eigenvalue weighted by atomic mass is 10.0. The van der Waals surface area contributed by atoms with Crippen molar-refractivity contribution >= 4 is 44.9 Å². The highest BCUT2D eigenvalue weighted by Gasteiger charge is 2.34. The number of nitrogens with one attached hydrogen (secondary N) is 2. The van der Waals surface area contributed by atoms with E-state index in [4.69, 9.17) is 9.47 Å². The molecule has 2 N–H and O–H groups in total. The number of fused-ring (bicyclic) bond motifs is 2. The van der Waals surface area contributed by atoms with Gasteiger partial charge in [0, 0.05) is 34.2 Å². The van der Waals surface area contributed by atoms with Crippen LogP contribution in [0.15, 0.2) is 54.9 Å². The van der Waals surface area contributed by atoms with Gasteiger partial charge in [0.15, 0.2) is 0 Å². The van der Waals surface area contributed by atoms with Crippen LogP contribution in [0.25, 0.3) is 33.1 Å². The van der Waals surface area contributed by atoms with E-state index in [2.05, 4.69) is 10.3 Å². The minimum Gasteiger partial charge on any atom is -0.497 e. The lowest BCUT2D eigenvalue weighted by Crippen LogP contribution is -2.23. The van der Waals surface area contributed by atoms with Crippen molar-refractivity contribution in [2.75, 3.05) is 14.2 Å². The number of methoxy groups -OCH3 is 2. The largest absolute Gasteiger partial charge is 0.497 e. The van der Waals surface area contributed by atoms with E-state index in [1.165, 1.54) is 0 Å². The van der Waals surface area contributed by atoms with E-state index in [0.29, 0.717) is 22.6 Å². The number of carbonyl (C=O) groups is 2. The average molecular weight is 387 g/mol. The molecule has 5 rings (SSSR count). The van der Waals surface area contributed by atoms with Gasteiger partial charge in [-0.25, -0.2) is 0 Å². The number of amides is 2. The van der Waals surface area contributed by atoms with Gasteiger partial charge in [-0.05, 0) is 42.5 Å². The van der Waals surface area contributed by atoms with Crippen molar-refractivity contribution in [2.45, 2.75) is 0 Å². The summed E-state index contributed by atoms with van der Waals surface area (Å²) in [5, 5.41) is 4.14. The van der Waals surface area contributed by atoms with Crippen molar-refractivity contribution in [1.29, 1.82) is 0 Å². The number of carbonyl (C=O) groups excluding carboxylic acids is 2. The first-order valence-corrected chi connectivity index (χ1v) is 9.01. The number of aromatic amines is 1. The molecule has 1 aliphatic rings. The van der Waals surface area contributed by atoms with Crippen LogP contribution in [-0.2, 0) is 9.59 Å². The molecule has 2 aromatic carbocycles. The second-order valence-corrected chi connectivity index (χ2v) is 6.73. The molecule has 2 aromatic heterocycles. The minimum absolute atomic E-state index is 0.291. The molecule has 7 nitrogen and oxygen atoms in total. The summed E-state index contributed by atoms with van der Waals surface area (Å²) < 4.78 is 12.3. The van der Waals surface area contributed by atoms with Gasteiger partial charge in [0.25, 0.3) is 11.8 Å². The van der Waals surface area contributed by atoms with Gasteiger partial charge in [0.2, 0.25) is 0 Å². The maximum atomic E-state index is 12.8. The molecule has 0 atom stereocenters. The van der Waals surface area contributed by atoms with Crippen LogP contribution in [0.1, 0.15) is 5.56 Å². The monoisotopic (exact) mass is 387 g/mol. The third-order valence-electron chi connectivity index (χ3n) is 5.20. The third kappa shape index (κ3) is 2.51.